The summed E-state index contributed by atoms with van der Waals surface area (Å²) in [6.45, 7) is 2.01. The second-order valence-corrected chi connectivity index (χ2v) is 4.17. The zero-order chi connectivity index (χ0) is 12.0. The number of fused-ring (bicyclic) bond motifs is 3. The molecule has 0 spiro atoms. The van der Waals surface area contributed by atoms with Crippen molar-refractivity contribution in [3.05, 3.63) is 41.5 Å². The molecule has 1 aromatic heterocycles. The van der Waals surface area contributed by atoms with Gasteiger partial charge in [-0.2, -0.15) is 0 Å². The number of nitrogens with one attached hydrogen (secondary N) is 1. The van der Waals surface area contributed by atoms with Crippen LogP contribution in [0.2, 0.25) is 0 Å². The van der Waals surface area contributed by atoms with Gasteiger partial charge < -0.3 is 10.1 Å². The molecule has 1 heterocycles. The summed E-state index contributed by atoms with van der Waals surface area (Å²) in [5.41, 5.74) is 3.05. The van der Waals surface area contributed by atoms with Gasteiger partial charge in [0.1, 0.15) is 5.75 Å². The predicted octanol–water partition coefficient (Wildman–Crippen LogP) is 3.15. The summed E-state index contributed by atoms with van der Waals surface area (Å²) < 4.78 is 0. The fraction of sp³-hybridized carbons (Fsp3) is 0.0714. The number of aromatic nitrogens is 1. The largest absolute Gasteiger partial charge is 0.505 e. The van der Waals surface area contributed by atoms with E-state index in [0.717, 1.165) is 21.9 Å². The molecule has 3 nitrogen and oxygen atoms in total. The minimum Gasteiger partial charge on any atom is -0.505 e. The highest BCUT2D eigenvalue weighted by Gasteiger charge is 2.11. The molecule has 0 fully saturated rings. The van der Waals surface area contributed by atoms with Crippen molar-refractivity contribution in [2.24, 2.45) is 0 Å². The van der Waals surface area contributed by atoms with Gasteiger partial charge in [0.25, 0.3) is 0 Å². The molecule has 0 aliphatic heterocycles. The maximum atomic E-state index is 10.8. The predicted molar refractivity (Wildman–Crippen MR) is 67.6 cm³/mol. The third kappa shape index (κ3) is 1.25. The summed E-state index contributed by atoms with van der Waals surface area (Å²) in [6, 6.07) is 9.49. The van der Waals surface area contributed by atoms with Crippen LogP contribution in [-0.4, -0.2) is 16.4 Å². The minimum absolute atomic E-state index is 0.0214. The van der Waals surface area contributed by atoms with Crippen molar-refractivity contribution in [1.82, 2.24) is 4.98 Å². The minimum atomic E-state index is 0.0214. The molecule has 3 rings (SSSR count). The van der Waals surface area contributed by atoms with Crippen molar-refractivity contribution in [3.8, 4) is 5.75 Å². The number of para-hydroxylation sites is 1. The topological polar surface area (TPSA) is 53.1 Å². The smallest absolute Gasteiger partial charge is 0.153 e. The van der Waals surface area contributed by atoms with Gasteiger partial charge >= 0.3 is 0 Å². The Morgan fingerprint density at radius 3 is 2.65 bits per heavy atom. The number of benzene rings is 2. The van der Waals surface area contributed by atoms with Gasteiger partial charge in [0.15, 0.2) is 6.29 Å². The Hall–Kier alpha value is -2.29. The first-order chi connectivity index (χ1) is 8.22. The lowest BCUT2D eigenvalue weighted by atomic mass is 10.1. The van der Waals surface area contributed by atoms with Crippen LogP contribution in [0.15, 0.2) is 30.3 Å². The van der Waals surface area contributed by atoms with Crippen molar-refractivity contribution < 1.29 is 9.90 Å². The van der Waals surface area contributed by atoms with Gasteiger partial charge in [0, 0.05) is 16.3 Å². The number of carbonyl (C=O) groups excluding carboxylic acids is 1. The average molecular weight is 225 g/mol. The molecular formula is C14H11NO2. The Kier molecular flexibility index (Phi) is 1.95. The number of phenolic OH excluding ortho intramolecular Hbond substituents is 1. The van der Waals surface area contributed by atoms with Crippen molar-refractivity contribution in [3.63, 3.8) is 0 Å². The van der Waals surface area contributed by atoms with E-state index in [2.05, 4.69) is 4.98 Å². The highest BCUT2D eigenvalue weighted by Crippen LogP contribution is 2.33. The average Bonchev–Trinajstić information content (AvgIpc) is 2.71. The molecule has 84 valence electrons. The molecule has 2 N–H and O–H groups in total. The Balaban J connectivity index is 2.55. The number of aromatic hydroxyl groups is 1. The Labute approximate surface area is 97.7 Å². The molecule has 0 aliphatic rings. The number of rotatable bonds is 1. The second kappa shape index (κ2) is 3.35. The molecule has 17 heavy (non-hydrogen) atoms. The fourth-order valence-electron chi connectivity index (χ4n) is 2.24. The van der Waals surface area contributed by atoms with Crippen LogP contribution in [0.4, 0.5) is 0 Å². The Bertz CT molecular complexity index is 741. The number of aryl methyl sites for hydroxylation is 1. The number of hydrogen-bond donors (Lipinski definition) is 2. The normalized spacial score (nSPS) is 11.1. The third-order valence-corrected chi connectivity index (χ3v) is 3.15. The molecule has 0 amide bonds. The lowest BCUT2D eigenvalue weighted by Gasteiger charge is -1.97. The number of carbonyl (C=O) groups is 1. The lowest BCUT2D eigenvalue weighted by molar-refractivity contribution is 0.112. The van der Waals surface area contributed by atoms with Crippen molar-refractivity contribution >= 4 is 28.1 Å². The quantitative estimate of drug-likeness (QED) is 0.625. The molecular weight excluding hydrogens is 214 g/mol. The first kappa shape index (κ1) is 9.90. The zero-order valence-corrected chi connectivity index (χ0v) is 9.32. The van der Waals surface area contributed by atoms with Crippen LogP contribution in [0.5, 0.6) is 5.75 Å². The zero-order valence-electron chi connectivity index (χ0n) is 9.32. The summed E-state index contributed by atoms with van der Waals surface area (Å²) in [5.74, 6) is 0.0214. The van der Waals surface area contributed by atoms with E-state index in [1.165, 1.54) is 0 Å². The number of aromatic amines is 1. The van der Waals surface area contributed by atoms with Gasteiger partial charge in [0.05, 0.1) is 11.1 Å². The van der Waals surface area contributed by atoms with Gasteiger partial charge in [-0.15, -0.1) is 0 Å². The second-order valence-electron chi connectivity index (χ2n) is 4.17. The Morgan fingerprint density at radius 1 is 1.12 bits per heavy atom. The van der Waals surface area contributed by atoms with Crippen molar-refractivity contribution in [2.75, 3.05) is 0 Å². The van der Waals surface area contributed by atoms with Gasteiger partial charge in [-0.1, -0.05) is 24.3 Å². The highest BCUT2D eigenvalue weighted by atomic mass is 16.3. The molecule has 3 heteroatoms. The molecule has 0 bridgehead atoms. The molecule has 0 saturated heterocycles. The summed E-state index contributed by atoms with van der Waals surface area (Å²) in [5, 5.41) is 12.0. The monoisotopic (exact) mass is 225 g/mol. The van der Waals surface area contributed by atoms with E-state index in [1.54, 1.807) is 6.07 Å². The van der Waals surface area contributed by atoms with E-state index in [1.807, 2.05) is 31.2 Å². The van der Waals surface area contributed by atoms with Gasteiger partial charge in [-0.05, 0) is 18.6 Å². The van der Waals surface area contributed by atoms with E-state index >= 15 is 0 Å². The van der Waals surface area contributed by atoms with E-state index < -0.39 is 0 Å². The van der Waals surface area contributed by atoms with E-state index in [0.29, 0.717) is 17.4 Å². The molecule has 0 radical (unpaired) electrons. The molecule has 0 aliphatic carbocycles. The number of aldehydes is 1. The van der Waals surface area contributed by atoms with Gasteiger partial charge in [-0.3, -0.25) is 4.79 Å². The van der Waals surface area contributed by atoms with Crippen molar-refractivity contribution in [2.45, 2.75) is 6.92 Å². The Morgan fingerprint density at radius 2 is 1.88 bits per heavy atom. The maximum absolute atomic E-state index is 10.8. The summed E-state index contributed by atoms with van der Waals surface area (Å²) in [6.07, 6.45) is 0.660. The highest BCUT2D eigenvalue weighted by molar-refractivity contribution is 6.11. The van der Waals surface area contributed by atoms with Crippen LogP contribution in [0, 0.1) is 6.92 Å². The molecule has 0 unspecified atom stereocenters. The lowest BCUT2D eigenvalue weighted by Crippen LogP contribution is -1.81. The standard InChI is InChI=1S/C14H11NO2/c1-8-3-2-4-10-11-6-5-9(7-16)14(17)13(11)15-12(8)10/h2-7,15,17H,1H3. The summed E-state index contributed by atoms with van der Waals surface area (Å²) in [4.78, 5) is 14.0. The van der Waals surface area contributed by atoms with E-state index in [4.69, 9.17) is 0 Å². The molecule has 0 saturated carbocycles. The summed E-state index contributed by atoms with van der Waals surface area (Å²) >= 11 is 0. The van der Waals surface area contributed by atoms with Crippen LogP contribution < -0.4 is 0 Å². The molecule has 3 aromatic rings. The fourth-order valence-corrected chi connectivity index (χ4v) is 2.24. The first-order valence-electron chi connectivity index (χ1n) is 5.40. The van der Waals surface area contributed by atoms with Crippen LogP contribution in [0.25, 0.3) is 21.8 Å². The van der Waals surface area contributed by atoms with E-state index in [-0.39, 0.29) is 5.75 Å². The van der Waals surface area contributed by atoms with Crippen LogP contribution in [0.1, 0.15) is 15.9 Å². The van der Waals surface area contributed by atoms with E-state index in [9.17, 15) is 9.90 Å². The SMILES string of the molecule is Cc1cccc2c1[nH]c1c(O)c(C=O)ccc12. The number of H-pyrrole nitrogens is 1. The van der Waals surface area contributed by atoms with Crippen LogP contribution >= 0.6 is 0 Å². The maximum Gasteiger partial charge on any atom is 0.153 e. The third-order valence-electron chi connectivity index (χ3n) is 3.15. The summed E-state index contributed by atoms with van der Waals surface area (Å²) in [7, 11) is 0. The van der Waals surface area contributed by atoms with Gasteiger partial charge in [0.2, 0.25) is 0 Å². The van der Waals surface area contributed by atoms with Crippen LogP contribution in [-0.2, 0) is 0 Å². The number of phenols is 1. The number of hydrogen-bond acceptors (Lipinski definition) is 2. The first-order valence-corrected chi connectivity index (χ1v) is 5.40. The van der Waals surface area contributed by atoms with Crippen molar-refractivity contribution in [1.29, 1.82) is 0 Å². The van der Waals surface area contributed by atoms with Gasteiger partial charge in [-0.25, -0.2) is 0 Å². The molecule has 0 atom stereocenters. The molecule has 2 aromatic carbocycles. The van der Waals surface area contributed by atoms with Crippen LogP contribution in [0.3, 0.4) is 0 Å².